The largest absolute Gasteiger partial charge is 0.409 e. The van der Waals surface area contributed by atoms with E-state index in [1.165, 1.54) is 18.2 Å². The second-order valence-electron chi connectivity index (χ2n) is 3.74. The highest BCUT2D eigenvalue weighted by Gasteiger charge is 2.15. The molecule has 0 saturated heterocycles. The van der Waals surface area contributed by atoms with Crippen LogP contribution in [0.15, 0.2) is 23.4 Å². The van der Waals surface area contributed by atoms with Crippen LogP contribution in [0, 0.1) is 11.7 Å². The Bertz CT molecular complexity index is 479. The number of nitrogens with one attached hydrogen (secondary N) is 1. The number of hydrogen-bond donors (Lipinski definition) is 3. The van der Waals surface area contributed by atoms with Crippen LogP contribution in [0.5, 0.6) is 0 Å². The van der Waals surface area contributed by atoms with Crippen LogP contribution >= 0.6 is 11.6 Å². The number of oxime groups is 1. The van der Waals surface area contributed by atoms with Crippen LogP contribution in [0.4, 0.5) is 4.39 Å². The van der Waals surface area contributed by atoms with E-state index in [2.05, 4.69) is 10.5 Å². The summed E-state index contributed by atoms with van der Waals surface area (Å²) in [5.41, 5.74) is 5.20. The summed E-state index contributed by atoms with van der Waals surface area (Å²) in [6, 6.07) is 4.16. The molecule has 18 heavy (non-hydrogen) atoms. The Balaban J connectivity index is 2.69. The van der Waals surface area contributed by atoms with Crippen molar-refractivity contribution in [2.45, 2.75) is 6.92 Å². The Labute approximate surface area is 108 Å². The number of halogens is 2. The lowest BCUT2D eigenvalue weighted by molar-refractivity contribution is 0.0947. The zero-order valence-electron chi connectivity index (χ0n) is 9.65. The Morgan fingerprint density at radius 1 is 1.67 bits per heavy atom. The molecule has 1 rings (SSSR count). The van der Waals surface area contributed by atoms with E-state index in [9.17, 15) is 9.18 Å². The molecule has 1 amide bonds. The van der Waals surface area contributed by atoms with Gasteiger partial charge in [-0.15, -0.1) is 0 Å². The number of amides is 1. The van der Waals surface area contributed by atoms with Crippen LogP contribution in [0.3, 0.4) is 0 Å². The number of carbonyl (C=O) groups is 1. The third kappa shape index (κ3) is 3.33. The molecule has 7 heteroatoms. The summed E-state index contributed by atoms with van der Waals surface area (Å²) < 4.78 is 13.5. The first-order valence-corrected chi connectivity index (χ1v) is 5.54. The van der Waals surface area contributed by atoms with Gasteiger partial charge in [-0.2, -0.15) is 0 Å². The molecular weight excluding hydrogens is 261 g/mol. The summed E-state index contributed by atoms with van der Waals surface area (Å²) >= 11 is 5.57. The van der Waals surface area contributed by atoms with E-state index < -0.39 is 11.7 Å². The van der Waals surface area contributed by atoms with Crippen LogP contribution in [0.25, 0.3) is 0 Å². The number of rotatable bonds is 4. The Kier molecular flexibility index (Phi) is 4.91. The maximum absolute atomic E-state index is 13.5. The molecule has 1 atom stereocenters. The Hall–Kier alpha value is -1.82. The smallest absolute Gasteiger partial charge is 0.254 e. The Morgan fingerprint density at radius 2 is 2.33 bits per heavy atom. The van der Waals surface area contributed by atoms with Gasteiger partial charge in [0.2, 0.25) is 0 Å². The molecular formula is C11H13ClFN3O2. The molecule has 0 bridgehead atoms. The maximum Gasteiger partial charge on any atom is 0.254 e. The molecule has 98 valence electrons. The zero-order chi connectivity index (χ0) is 13.7. The quantitative estimate of drug-likeness (QED) is 0.337. The van der Waals surface area contributed by atoms with Crippen LogP contribution in [-0.4, -0.2) is 23.5 Å². The first-order valence-electron chi connectivity index (χ1n) is 5.17. The topological polar surface area (TPSA) is 87.7 Å². The van der Waals surface area contributed by atoms with Gasteiger partial charge < -0.3 is 16.3 Å². The van der Waals surface area contributed by atoms with Crippen molar-refractivity contribution in [2.24, 2.45) is 16.8 Å². The van der Waals surface area contributed by atoms with Gasteiger partial charge in [-0.05, 0) is 12.1 Å². The molecule has 1 aromatic carbocycles. The first kappa shape index (κ1) is 14.2. The van der Waals surface area contributed by atoms with E-state index in [0.717, 1.165) is 0 Å². The predicted molar refractivity (Wildman–Crippen MR) is 66.3 cm³/mol. The number of nitrogens with zero attached hydrogens (tertiary/aromatic N) is 1. The molecule has 0 aliphatic heterocycles. The van der Waals surface area contributed by atoms with Gasteiger partial charge in [0.1, 0.15) is 5.84 Å². The summed E-state index contributed by atoms with van der Waals surface area (Å²) in [4.78, 5) is 11.7. The van der Waals surface area contributed by atoms with E-state index in [1.54, 1.807) is 6.92 Å². The molecule has 1 unspecified atom stereocenters. The lowest BCUT2D eigenvalue weighted by Crippen LogP contribution is -2.35. The molecule has 0 fully saturated rings. The highest BCUT2D eigenvalue weighted by molar-refractivity contribution is 6.31. The normalized spacial score (nSPS) is 13.2. The standard InChI is InChI=1S/C11H13ClFN3O2/c1-6(10(14)16-18)5-15-11(17)7-3-2-4-8(12)9(7)13/h2-4,6,18H,5H2,1H3,(H2,14,16)(H,15,17). The van der Waals surface area contributed by atoms with E-state index in [0.29, 0.717) is 0 Å². The summed E-state index contributed by atoms with van der Waals surface area (Å²) in [5, 5.41) is 13.6. The van der Waals surface area contributed by atoms with Gasteiger partial charge >= 0.3 is 0 Å². The van der Waals surface area contributed by atoms with Crippen molar-refractivity contribution < 1.29 is 14.4 Å². The molecule has 1 aromatic rings. The Morgan fingerprint density at radius 3 is 2.94 bits per heavy atom. The third-order valence-electron chi connectivity index (χ3n) is 2.39. The fraction of sp³-hybridized carbons (Fsp3) is 0.273. The second-order valence-corrected chi connectivity index (χ2v) is 4.14. The van der Waals surface area contributed by atoms with Gasteiger partial charge in [0.15, 0.2) is 5.82 Å². The average Bonchev–Trinajstić information content (AvgIpc) is 2.37. The maximum atomic E-state index is 13.5. The monoisotopic (exact) mass is 273 g/mol. The molecule has 4 N–H and O–H groups in total. The van der Waals surface area contributed by atoms with Crippen LogP contribution in [-0.2, 0) is 0 Å². The minimum absolute atomic E-state index is 0.0122. The van der Waals surface area contributed by atoms with E-state index >= 15 is 0 Å². The van der Waals surface area contributed by atoms with E-state index in [-0.39, 0.29) is 28.9 Å². The summed E-state index contributed by atoms with van der Waals surface area (Å²) in [6.07, 6.45) is 0. The average molecular weight is 274 g/mol. The first-order chi connectivity index (χ1) is 8.47. The van der Waals surface area contributed by atoms with Crippen LogP contribution in [0.1, 0.15) is 17.3 Å². The van der Waals surface area contributed by atoms with E-state index in [4.69, 9.17) is 22.5 Å². The number of nitrogens with two attached hydrogens (primary N) is 1. The number of hydrogen-bond acceptors (Lipinski definition) is 3. The van der Waals surface area contributed by atoms with Crippen molar-refractivity contribution >= 4 is 23.3 Å². The fourth-order valence-corrected chi connectivity index (χ4v) is 1.40. The zero-order valence-corrected chi connectivity index (χ0v) is 10.4. The molecule has 5 nitrogen and oxygen atoms in total. The highest BCUT2D eigenvalue weighted by atomic mass is 35.5. The fourth-order valence-electron chi connectivity index (χ4n) is 1.22. The lowest BCUT2D eigenvalue weighted by atomic mass is 10.1. The lowest BCUT2D eigenvalue weighted by Gasteiger charge is -2.11. The molecule has 0 aliphatic rings. The molecule has 0 radical (unpaired) electrons. The van der Waals surface area contributed by atoms with Gasteiger partial charge in [0.25, 0.3) is 5.91 Å². The van der Waals surface area contributed by atoms with Gasteiger partial charge in [0.05, 0.1) is 10.6 Å². The summed E-state index contributed by atoms with van der Waals surface area (Å²) in [7, 11) is 0. The van der Waals surface area contributed by atoms with Crippen molar-refractivity contribution in [3.63, 3.8) is 0 Å². The van der Waals surface area contributed by atoms with Crippen molar-refractivity contribution in [1.82, 2.24) is 5.32 Å². The molecule has 0 spiro atoms. The molecule has 0 aromatic heterocycles. The number of benzene rings is 1. The minimum Gasteiger partial charge on any atom is -0.409 e. The molecule has 0 saturated carbocycles. The predicted octanol–water partition coefficient (Wildman–Crippen LogP) is 1.59. The SMILES string of the molecule is CC(CNC(=O)c1cccc(Cl)c1F)/C(N)=N/O. The molecule has 0 aliphatic carbocycles. The van der Waals surface area contributed by atoms with Crippen molar-refractivity contribution in [3.8, 4) is 0 Å². The van der Waals surface area contributed by atoms with Gasteiger partial charge in [-0.1, -0.05) is 29.7 Å². The highest BCUT2D eigenvalue weighted by Crippen LogP contribution is 2.17. The van der Waals surface area contributed by atoms with Crippen molar-refractivity contribution in [3.05, 3.63) is 34.6 Å². The third-order valence-corrected chi connectivity index (χ3v) is 2.68. The van der Waals surface area contributed by atoms with E-state index in [1.807, 2.05) is 0 Å². The van der Waals surface area contributed by atoms with Crippen LogP contribution in [0.2, 0.25) is 5.02 Å². The second kappa shape index (κ2) is 6.20. The number of carbonyl (C=O) groups excluding carboxylic acids is 1. The van der Waals surface area contributed by atoms with Gasteiger partial charge in [-0.3, -0.25) is 4.79 Å². The van der Waals surface area contributed by atoms with Crippen molar-refractivity contribution in [2.75, 3.05) is 6.54 Å². The summed E-state index contributed by atoms with van der Waals surface area (Å²) in [5.74, 6) is -1.75. The summed E-state index contributed by atoms with van der Waals surface area (Å²) in [6.45, 7) is 1.78. The minimum atomic E-state index is -0.770. The van der Waals surface area contributed by atoms with Gasteiger partial charge in [-0.25, -0.2) is 4.39 Å². The van der Waals surface area contributed by atoms with Crippen LogP contribution < -0.4 is 11.1 Å². The van der Waals surface area contributed by atoms with Gasteiger partial charge in [0, 0.05) is 12.5 Å². The van der Waals surface area contributed by atoms with Crippen molar-refractivity contribution in [1.29, 1.82) is 0 Å². The number of amidine groups is 1. The molecule has 0 heterocycles.